The Morgan fingerprint density at radius 3 is 2.89 bits per heavy atom. The van der Waals surface area contributed by atoms with Crippen LogP contribution < -0.4 is 4.90 Å². The van der Waals surface area contributed by atoms with Crippen LogP contribution in [0.2, 0.25) is 0 Å². The molecule has 1 aliphatic rings. The number of nitrogens with zero attached hydrogens (tertiary/aromatic N) is 3. The SMILES string of the molecule is C[C@H]1CCN(c2ccccc2[N+](=O)[O-])[C@H](C#N)C1. The summed E-state index contributed by atoms with van der Waals surface area (Å²) in [6, 6.07) is 8.61. The molecule has 2 atom stereocenters. The van der Waals surface area contributed by atoms with Gasteiger partial charge in [0, 0.05) is 12.6 Å². The van der Waals surface area contributed by atoms with E-state index in [1.165, 1.54) is 6.07 Å². The van der Waals surface area contributed by atoms with Crippen LogP contribution in [-0.2, 0) is 0 Å². The first-order chi connectivity index (χ1) is 8.63. The van der Waals surface area contributed by atoms with Gasteiger partial charge in [0.15, 0.2) is 0 Å². The number of para-hydroxylation sites is 2. The molecule has 0 N–H and O–H groups in total. The van der Waals surface area contributed by atoms with E-state index in [2.05, 4.69) is 13.0 Å². The zero-order valence-corrected chi connectivity index (χ0v) is 10.2. The summed E-state index contributed by atoms with van der Waals surface area (Å²) in [5.41, 5.74) is 0.633. The van der Waals surface area contributed by atoms with E-state index in [1.807, 2.05) is 4.90 Å². The van der Waals surface area contributed by atoms with Gasteiger partial charge in [-0.1, -0.05) is 19.1 Å². The Bertz CT molecular complexity index is 495. The molecule has 5 nitrogen and oxygen atoms in total. The smallest absolute Gasteiger partial charge is 0.292 e. The monoisotopic (exact) mass is 245 g/mol. The van der Waals surface area contributed by atoms with Crippen LogP contribution in [0.25, 0.3) is 0 Å². The molecule has 0 unspecified atom stereocenters. The van der Waals surface area contributed by atoms with Gasteiger partial charge in [-0.05, 0) is 24.8 Å². The third kappa shape index (κ3) is 2.28. The molecule has 0 spiro atoms. The molecular weight excluding hydrogens is 230 g/mol. The number of rotatable bonds is 2. The number of anilines is 1. The quantitative estimate of drug-likeness (QED) is 0.593. The van der Waals surface area contributed by atoms with E-state index < -0.39 is 0 Å². The number of nitriles is 1. The lowest BCUT2D eigenvalue weighted by Crippen LogP contribution is -2.41. The molecule has 1 heterocycles. The maximum Gasteiger partial charge on any atom is 0.292 e. The van der Waals surface area contributed by atoms with E-state index in [1.54, 1.807) is 18.2 Å². The van der Waals surface area contributed by atoms with Gasteiger partial charge >= 0.3 is 0 Å². The van der Waals surface area contributed by atoms with Gasteiger partial charge in [-0.3, -0.25) is 10.1 Å². The van der Waals surface area contributed by atoms with Gasteiger partial charge in [-0.25, -0.2) is 0 Å². The van der Waals surface area contributed by atoms with Gasteiger partial charge in [0.25, 0.3) is 5.69 Å². The van der Waals surface area contributed by atoms with E-state index in [0.29, 0.717) is 18.2 Å². The summed E-state index contributed by atoms with van der Waals surface area (Å²) in [4.78, 5) is 12.5. The summed E-state index contributed by atoms with van der Waals surface area (Å²) >= 11 is 0. The molecule has 0 aromatic heterocycles. The van der Waals surface area contributed by atoms with Crippen molar-refractivity contribution in [3.63, 3.8) is 0 Å². The molecule has 94 valence electrons. The van der Waals surface area contributed by atoms with Crippen LogP contribution >= 0.6 is 0 Å². The first-order valence-corrected chi connectivity index (χ1v) is 6.03. The molecule has 1 aromatic rings. The highest BCUT2D eigenvalue weighted by molar-refractivity contribution is 5.64. The van der Waals surface area contributed by atoms with Gasteiger partial charge < -0.3 is 4.90 Å². The molecule has 1 aliphatic heterocycles. The fourth-order valence-corrected chi connectivity index (χ4v) is 2.41. The lowest BCUT2D eigenvalue weighted by atomic mass is 9.92. The van der Waals surface area contributed by atoms with Crippen molar-refractivity contribution < 1.29 is 4.92 Å². The maximum absolute atomic E-state index is 11.0. The minimum absolute atomic E-state index is 0.0762. The third-order valence-electron chi connectivity index (χ3n) is 3.40. The van der Waals surface area contributed by atoms with Gasteiger partial charge in [0.05, 0.1) is 11.0 Å². The van der Waals surface area contributed by atoms with Crippen LogP contribution in [0.3, 0.4) is 0 Å². The highest BCUT2D eigenvalue weighted by Crippen LogP contribution is 2.33. The minimum Gasteiger partial charge on any atom is -0.350 e. The van der Waals surface area contributed by atoms with Gasteiger partial charge in [-0.15, -0.1) is 0 Å². The first-order valence-electron chi connectivity index (χ1n) is 6.03. The normalized spacial score (nSPS) is 23.4. The number of piperidine rings is 1. The average Bonchev–Trinajstić information content (AvgIpc) is 2.38. The van der Waals surface area contributed by atoms with Gasteiger partial charge in [0.2, 0.25) is 0 Å². The van der Waals surface area contributed by atoms with E-state index in [9.17, 15) is 15.4 Å². The molecule has 5 heteroatoms. The molecule has 2 rings (SSSR count). The lowest BCUT2D eigenvalue weighted by molar-refractivity contribution is -0.384. The largest absolute Gasteiger partial charge is 0.350 e. The Balaban J connectivity index is 2.36. The molecule has 1 aromatic carbocycles. The summed E-state index contributed by atoms with van der Waals surface area (Å²) in [7, 11) is 0. The predicted molar refractivity (Wildman–Crippen MR) is 68.2 cm³/mol. The molecule has 0 amide bonds. The molecule has 0 aliphatic carbocycles. The van der Waals surface area contributed by atoms with E-state index in [0.717, 1.165) is 12.8 Å². The van der Waals surface area contributed by atoms with Crippen LogP contribution in [0.4, 0.5) is 11.4 Å². The molecule has 0 bridgehead atoms. The van der Waals surface area contributed by atoms with Crippen molar-refractivity contribution in [2.75, 3.05) is 11.4 Å². The summed E-state index contributed by atoms with van der Waals surface area (Å²) < 4.78 is 0. The summed E-state index contributed by atoms with van der Waals surface area (Å²) in [6.07, 6.45) is 1.73. The number of nitro benzene ring substituents is 1. The van der Waals surface area contributed by atoms with Crippen molar-refractivity contribution in [2.45, 2.75) is 25.8 Å². The van der Waals surface area contributed by atoms with Gasteiger partial charge in [0.1, 0.15) is 11.7 Å². The predicted octanol–water partition coefficient (Wildman–Crippen LogP) is 2.72. The highest BCUT2D eigenvalue weighted by Gasteiger charge is 2.30. The van der Waals surface area contributed by atoms with E-state index in [4.69, 9.17) is 0 Å². The lowest BCUT2D eigenvalue weighted by Gasteiger charge is -2.35. The number of benzene rings is 1. The first kappa shape index (κ1) is 12.4. The highest BCUT2D eigenvalue weighted by atomic mass is 16.6. The Morgan fingerprint density at radius 2 is 2.22 bits per heavy atom. The molecule has 0 saturated carbocycles. The zero-order valence-electron chi connectivity index (χ0n) is 10.2. The van der Waals surface area contributed by atoms with E-state index >= 15 is 0 Å². The Kier molecular flexibility index (Phi) is 3.47. The average molecular weight is 245 g/mol. The Morgan fingerprint density at radius 1 is 1.50 bits per heavy atom. The number of hydrogen-bond donors (Lipinski definition) is 0. The molecule has 18 heavy (non-hydrogen) atoms. The van der Waals surface area contributed by atoms with Crippen molar-refractivity contribution in [1.82, 2.24) is 0 Å². The van der Waals surface area contributed by atoms with Crippen molar-refractivity contribution in [3.8, 4) is 6.07 Å². The maximum atomic E-state index is 11.0. The molecule has 1 saturated heterocycles. The summed E-state index contributed by atoms with van der Waals surface area (Å²) in [5.74, 6) is 0.494. The van der Waals surface area contributed by atoms with Crippen LogP contribution in [0.15, 0.2) is 24.3 Å². The summed E-state index contributed by atoms with van der Waals surface area (Å²) in [6.45, 7) is 2.81. The van der Waals surface area contributed by atoms with Crippen molar-refractivity contribution in [3.05, 3.63) is 34.4 Å². The Hall–Kier alpha value is -2.09. The zero-order chi connectivity index (χ0) is 13.1. The van der Waals surface area contributed by atoms with Crippen LogP contribution in [0.1, 0.15) is 19.8 Å². The summed E-state index contributed by atoms with van der Waals surface area (Å²) in [5, 5.41) is 20.2. The second-order valence-electron chi connectivity index (χ2n) is 4.71. The van der Waals surface area contributed by atoms with Crippen LogP contribution in [0, 0.1) is 27.4 Å². The topological polar surface area (TPSA) is 70.2 Å². The molecule has 1 fully saturated rings. The van der Waals surface area contributed by atoms with Gasteiger partial charge in [-0.2, -0.15) is 5.26 Å². The van der Waals surface area contributed by atoms with Crippen molar-refractivity contribution >= 4 is 11.4 Å². The van der Waals surface area contributed by atoms with Crippen molar-refractivity contribution in [2.24, 2.45) is 5.92 Å². The second kappa shape index (κ2) is 5.05. The minimum atomic E-state index is -0.387. The third-order valence-corrected chi connectivity index (χ3v) is 3.40. The van der Waals surface area contributed by atoms with E-state index in [-0.39, 0.29) is 16.7 Å². The van der Waals surface area contributed by atoms with Crippen LogP contribution in [0.5, 0.6) is 0 Å². The Labute approximate surface area is 106 Å². The number of nitro groups is 1. The fraction of sp³-hybridized carbons (Fsp3) is 0.462. The second-order valence-corrected chi connectivity index (χ2v) is 4.71. The molecule has 0 radical (unpaired) electrons. The number of hydrogen-bond acceptors (Lipinski definition) is 4. The molecular formula is C13H15N3O2. The fourth-order valence-electron chi connectivity index (χ4n) is 2.41. The standard InChI is InChI=1S/C13H15N3O2/c1-10-6-7-15(11(8-10)9-14)12-4-2-3-5-13(12)16(17)18/h2-5,10-11H,6-8H2,1H3/t10-,11-/m0/s1. The van der Waals surface area contributed by atoms with Crippen LogP contribution in [-0.4, -0.2) is 17.5 Å². The van der Waals surface area contributed by atoms with Crippen molar-refractivity contribution in [1.29, 1.82) is 5.26 Å².